The number of rotatable bonds is 5. The van der Waals surface area contributed by atoms with Gasteiger partial charge in [-0.15, -0.1) is 0 Å². The van der Waals surface area contributed by atoms with Crippen molar-refractivity contribution in [2.45, 2.75) is 45.2 Å². The van der Waals surface area contributed by atoms with Crippen LogP contribution in [0.1, 0.15) is 32.3 Å². The van der Waals surface area contributed by atoms with Gasteiger partial charge in [0.05, 0.1) is 6.54 Å². The number of likely N-dealkylation sites (tertiary alicyclic amines) is 1. The number of carbonyl (C=O) groups is 1. The second-order valence-electron chi connectivity index (χ2n) is 5.68. The van der Waals surface area contributed by atoms with E-state index in [1.165, 1.54) is 18.4 Å². The van der Waals surface area contributed by atoms with Crippen LogP contribution in [0.2, 0.25) is 0 Å². The first-order chi connectivity index (χ1) is 9.15. The Hall–Kier alpha value is -1.35. The van der Waals surface area contributed by atoms with E-state index in [0.717, 1.165) is 13.0 Å². The summed E-state index contributed by atoms with van der Waals surface area (Å²) in [5.74, 6) is 0.148. The van der Waals surface area contributed by atoms with Crippen LogP contribution in [-0.4, -0.2) is 36.0 Å². The van der Waals surface area contributed by atoms with Crippen molar-refractivity contribution in [2.75, 3.05) is 13.1 Å². The molecule has 1 aliphatic heterocycles. The van der Waals surface area contributed by atoms with Gasteiger partial charge in [0.15, 0.2) is 0 Å². The fourth-order valence-electron chi connectivity index (χ4n) is 2.77. The van der Waals surface area contributed by atoms with Gasteiger partial charge in [0.25, 0.3) is 0 Å². The maximum absolute atomic E-state index is 11.9. The molecule has 3 nitrogen and oxygen atoms in total. The van der Waals surface area contributed by atoms with Gasteiger partial charge in [-0.1, -0.05) is 30.3 Å². The Bertz CT molecular complexity index is 402. The lowest BCUT2D eigenvalue weighted by Gasteiger charge is -2.24. The molecule has 0 radical (unpaired) electrons. The van der Waals surface area contributed by atoms with Crippen molar-refractivity contribution < 1.29 is 4.79 Å². The molecule has 2 rings (SSSR count). The molecule has 0 aliphatic carbocycles. The minimum Gasteiger partial charge on any atom is -0.353 e. The van der Waals surface area contributed by atoms with Crippen molar-refractivity contribution in [3.63, 3.8) is 0 Å². The van der Waals surface area contributed by atoms with Crippen molar-refractivity contribution >= 4 is 5.91 Å². The lowest BCUT2D eigenvalue weighted by atomic mass is 10.0. The molecule has 1 unspecified atom stereocenters. The van der Waals surface area contributed by atoms with E-state index >= 15 is 0 Å². The number of benzene rings is 1. The predicted octanol–water partition coefficient (Wildman–Crippen LogP) is 2.22. The minimum absolute atomic E-state index is 0.148. The first-order valence-corrected chi connectivity index (χ1v) is 7.22. The summed E-state index contributed by atoms with van der Waals surface area (Å²) in [5.41, 5.74) is 1.36. The molecule has 0 aromatic heterocycles. The molecule has 1 fully saturated rings. The highest BCUT2D eigenvalue weighted by Crippen LogP contribution is 2.20. The number of hydrogen-bond donors (Lipinski definition) is 1. The van der Waals surface area contributed by atoms with Crippen molar-refractivity contribution in [3.05, 3.63) is 35.9 Å². The molecule has 1 N–H and O–H groups in total. The third-order valence-corrected chi connectivity index (χ3v) is 3.61. The molecule has 0 bridgehead atoms. The van der Waals surface area contributed by atoms with E-state index in [1.54, 1.807) is 0 Å². The Kier molecular flexibility index (Phi) is 4.97. The van der Waals surface area contributed by atoms with Gasteiger partial charge in [0, 0.05) is 12.1 Å². The molecule has 1 heterocycles. The van der Waals surface area contributed by atoms with Crippen LogP contribution in [0.25, 0.3) is 0 Å². The third-order valence-electron chi connectivity index (χ3n) is 3.61. The molecular formula is C16H24N2O. The van der Waals surface area contributed by atoms with Crippen molar-refractivity contribution in [1.82, 2.24) is 10.2 Å². The van der Waals surface area contributed by atoms with Gasteiger partial charge >= 0.3 is 0 Å². The maximum atomic E-state index is 11.9. The number of nitrogens with one attached hydrogen (secondary N) is 1. The Morgan fingerprint density at radius 1 is 1.37 bits per heavy atom. The fraction of sp³-hybridized carbons (Fsp3) is 0.562. The first-order valence-electron chi connectivity index (χ1n) is 7.22. The van der Waals surface area contributed by atoms with Crippen LogP contribution < -0.4 is 5.32 Å². The van der Waals surface area contributed by atoms with Crippen molar-refractivity contribution in [3.8, 4) is 0 Å². The summed E-state index contributed by atoms with van der Waals surface area (Å²) in [6.07, 6.45) is 3.45. The molecule has 3 heteroatoms. The summed E-state index contributed by atoms with van der Waals surface area (Å²) < 4.78 is 0. The van der Waals surface area contributed by atoms with E-state index in [9.17, 15) is 4.79 Å². The highest BCUT2D eigenvalue weighted by atomic mass is 16.2. The molecule has 1 aromatic rings. The Morgan fingerprint density at radius 2 is 2.11 bits per heavy atom. The number of carbonyl (C=O) groups excluding carboxylic acids is 1. The van der Waals surface area contributed by atoms with Crippen LogP contribution >= 0.6 is 0 Å². The van der Waals surface area contributed by atoms with Gasteiger partial charge in [0.1, 0.15) is 0 Å². The van der Waals surface area contributed by atoms with Crippen LogP contribution in [0.15, 0.2) is 30.3 Å². The lowest BCUT2D eigenvalue weighted by Crippen LogP contribution is -2.42. The topological polar surface area (TPSA) is 32.3 Å². The second-order valence-corrected chi connectivity index (χ2v) is 5.68. The third kappa shape index (κ3) is 4.35. The molecule has 1 atom stereocenters. The molecule has 1 saturated heterocycles. The SMILES string of the molecule is CC(C)NC(=O)CN1CCCC1Cc1ccccc1. The average molecular weight is 260 g/mol. The quantitative estimate of drug-likeness (QED) is 0.880. The van der Waals surface area contributed by atoms with Crippen LogP contribution in [0, 0.1) is 0 Å². The summed E-state index contributed by atoms with van der Waals surface area (Å²) in [4.78, 5) is 14.2. The Balaban J connectivity index is 1.88. The lowest BCUT2D eigenvalue weighted by molar-refractivity contribution is -0.122. The number of hydrogen-bond acceptors (Lipinski definition) is 2. The summed E-state index contributed by atoms with van der Waals surface area (Å²) >= 11 is 0. The van der Waals surface area contributed by atoms with Gasteiger partial charge in [-0.05, 0) is 45.2 Å². The molecule has 0 spiro atoms. The van der Waals surface area contributed by atoms with Crippen LogP contribution in [0.3, 0.4) is 0 Å². The van der Waals surface area contributed by atoms with Crippen LogP contribution in [0.4, 0.5) is 0 Å². The second kappa shape index (κ2) is 6.71. The van der Waals surface area contributed by atoms with E-state index in [-0.39, 0.29) is 11.9 Å². The van der Waals surface area contributed by atoms with Gasteiger partial charge < -0.3 is 5.32 Å². The maximum Gasteiger partial charge on any atom is 0.234 e. The average Bonchev–Trinajstić information content (AvgIpc) is 2.77. The molecule has 0 saturated carbocycles. The van der Waals surface area contributed by atoms with Crippen LogP contribution in [-0.2, 0) is 11.2 Å². The minimum atomic E-state index is 0.148. The van der Waals surface area contributed by atoms with Crippen molar-refractivity contribution in [1.29, 1.82) is 0 Å². The fourth-order valence-corrected chi connectivity index (χ4v) is 2.77. The zero-order valence-corrected chi connectivity index (χ0v) is 11.9. The van der Waals surface area contributed by atoms with E-state index in [0.29, 0.717) is 12.6 Å². The highest BCUT2D eigenvalue weighted by Gasteiger charge is 2.26. The summed E-state index contributed by atoms with van der Waals surface area (Å²) in [6, 6.07) is 11.3. The molecular weight excluding hydrogens is 236 g/mol. The highest BCUT2D eigenvalue weighted by molar-refractivity contribution is 5.78. The number of amides is 1. The van der Waals surface area contributed by atoms with Crippen LogP contribution in [0.5, 0.6) is 0 Å². The van der Waals surface area contributed by atoms with Gasteiger partial charge in [-0.25, -0.2) is 0 Å². The molecule has 1 amide bonds. The Labute approximate surface area is 116 Å². The van der Waals surface area contributed by atoms with Gasteiger partial charge in [-0.2, -0.15) is 0 Å². The van der Waals surface area contributed by atoms with Gasteiger partial charge in [-0.3, -0.25) is 9.69 Å². The summed E-state index contributed by atoms with van der Waals surface area (Å²) in [5, 5.41) is 2.97. The number of nitrogens with zero attached hydrogens (tertiary/aromatic N) is 1. The molecule has 1 aliphatic rings. The van der Waals surface area contributed by atoms with E-state index in [4.69, 9.17) is 0 Å². The standard InChI is InChI=1S/C16H24N2O/c1-13(2)17-16(19)12-18-10-6-9-15(18)11-14-7-4-3-5-8-14/h3-5,7-8,13,15H,6,9-12H2,1-2H3,(H,17,19). The first kappa shape index (κ1) is 14.1. The molecule has 1 aromatic carbocycles. The largest absolute Gasteiger partial charge is 0.353 e. The molecule has 104 valence electrons. The summed E-state index contributed by atoms with van der Waals surface area (Å²) in [6.45, 7) is 5.59. The van der Waals surface area contributed by atoms with E-state index in [2.05, 4.69) is 34.5 Å². The smallest absolute Gasteiger partial charge is 0.234 e. The van der Waals surface area contributed by atoms with E-state index in [1.807, 2.05) is 19.9 Å². The summed E-state index contributed by atoms with van der Waals surface area (Å²) in [7, 11) is 0. The monoisotopic (exact) mass is 260 g/mol. The predicted molar refractivity (Wildman–Crippen MR) is 78.0 cm³/mol. The molecule has 19 heavy (non-hydrogen) atoms. The van der Waals surface area contributed by atoms with Gasteiger partial charge in [0.2, 0.25) is 5.91 Å². The zero-order chi connectivity index (χ0) is 13.7. The Morgan fingerprint density at radius 3 is 2.79 bits per heavy atom. The van der Waals surface area contributed by atoms with Crippen molar-refractivity contribution in [2.24, 2.45) is 0 Å². The van der Waals surface area contributed by atoms with E-state index < -0.39 is 0 Å². The normalized spacial score (nSPS) is 19.8. The zero-order valence-electron chi connectivity index (χ0n) is 11.9.